The third-order valence-corrected chi connectivity index (χ3v) is 4.95. The lowest BCUT2D eigenvalue weighted by Crippen LogP contribution is -2.18. The Morgan fingerprint density at radius 2 is 1.96 bits per heavy atom. The van der Waals surface area contributed by atoms with E-state index in [9.17, 15) is 14.4 Å². The molecule has 1 aliphatic rings. The molecule has 27 heavy (non-hydrogen) atoms. The fourth-order valence-corrected chi connectivity index (χ4v) is 3.22. The quantitative estimate of drug-likeness (QED) is 0.638. The summed E-state index contributed by atoms with van der Waals surface area (Å²) in [5.74, 6) is -0.840. The molecule has 1 heterocycles. The Balaban J connectivity index is 1.81. The van der Waals surface area contributed by atoms with E-state index in [0.717, 1.165) is 37.1 Å². The Bertz CT molecular complexity index is 937. The molecule has 5 heteroatoms. The van der Waals surface area contributed by atoms with Crippen LogP contribution >= 0.6 is 0 Å². The van der Waals surface area contributed by atoms with Gasteiger partial charge in [0, 0.05) is 18.8 Å². The van der Waals surface area contributed by atoms with Crippen molar-refractivity contribution in [1.29, 1.82) is 5.26 Å². The van der Waals surface area contributed by atoms with Crippen LogP contribution in [0.1, 0.15) is 29.5 Å². The SMILES string of the molecule is Cc1cccc(NC(=O)/C(C#N)=C\c2ccc(N3CCCC3)c(F)c2)c1C. The number of benzene rings is 2. The van der Waals surface area contributed by atoms with Crippen LogP contribution in [0.25, 0.3) is 6.08 Å². The molecule has 1 aliphatic heterocycles. The monoisotopic (exact) mass is 363 g/mol. The van der Waals surface area contributed by atoms with E-state index in [4.69, 9.17) is 0 Å². The van der Waals surface area contributed by atoms with E-state index in [1.54, 1.807) is 18.2 Å². The van der Waals surface area contributed by atoms with Gasteiger partial charge in [-0.25, -0.2) is 4.39 Å². The fraction of sp³-hybridized carbons (Fsp3) is 0.273. The molecule has 4 nitrogen and oxygen atoms in total. The van der Waals surface area contributed by atoms with Gasteiger partial charge in [0.05, 0.1) is 5.69 Å². The summed E-state index contributed by atoms with van der Waals surface area (Å²) in [5, 5.41) is 12.1. The summed E-state index contributed by atoms with van der Waals surface area (Å²) in [5.41, 5.74) is 3.66. The molecule has 0 bridgehead atoms. The number of rotatable bonds is 4. The number of carbonyl (C=O) groups excluding carboxylic acids is 1. The molecule has 0 radical (unpaired) electrons. The largest absolute Gasteiger partial charge is 0.369 e. The number of anilines is 2. The summed E-state index contributed by atoms with van der Waals surface area (Å²) in [7, 11) is 0. The molecule has 1 amide bonds. The van der Waals surface area contributed by atoms with Gasteiger partial charge in [-0.15, -0.1) is 0 Å². The van der Waals surface area contributed by atoms with E-state index in [-0.39, 0.29) is 11.4 Å². The predicted molar refractivity (Wildman–Crippen MR) is 106 cm³/mol. The molecule has 2 aromatic rings. The fourth-order valence-electron chi connectivity index (χ4n) is 3.22. The standard InChI is InChI=1S/C22H22FN3O/c1-15-6-5-7-20(16(15)2)25-22(27)18(14-24)12-17-8-9-21(19(23)13-17)26-10-3-4-11-26/h5-9,12-13H,3-4,10-11H2,1-2H3,(H,25,27)/b18-12-. The zero-order valence-corrected chi connectivity index (χ0v) is 15.6. The molecule has 0 saturated carbocycles. The second kappa shape index (κ2) is 8.05. The van der Waals surface area contributed by atoms with Gasteiger partial charge in [-0.05, 0) is 67.7 Å². The van der Waals surface area contributed by atoms with Gasteiger partial charge in [-0.2, -0.15) is 5.26 Å². The molecule has 0 atom stereocenters. The van der Waals surface area contributed by atoms with E-state index < -0.39 is 5.91 Å². The van der Waals surface area contributed by atoms with Gasteiger partial charge in [0.15, 0.2) is 0 Å². The number of nitrogens with zero attached hydrogens (tertiary/aromatic N) is 2. The molecule has 1 N–H and O–H groups in total. The highest BCUT2D eigenvalue weighted by Gasteiger charge is 2.17. The summed E-state index contributed by atoms with van der Waals surface area (Å²) < 4.78 is 14.4. The lowest BCUT2D eigenvalue weighted by Gasteiger charge is -2.18. The third kappa shape index (κ3) is 4.17. The number of nitrogens with one attached hydrogen (secondary N) is 1. The number of hydrogen-bond donors (Lipinski definition) is 1. The number of nitriles is 1. The van der Waals surface area contributed by atoms with Gasteiger partial charge < -0.3 is 10.2 Å². The molecule has 2 aromatic carbocycles. The smallest absolute Gasteiger partial charge is 0.266 e. The number of carbonyl (C=O) groups is 1. The summed E-state index contributed by atoms with van der Waals surface area (Å²) in [6.45, 7) is 5.57. The first-order chi connectivity index (χ1) is 13.0. The maximum atomic E-state index is 14.4. The van der Waals surface area contributed by atoms with E-state index in [1.165, 1.54) is 12.1 Å². The second-order valence-electron chi connectivity index (χ2n) is 6.78. The number of aryl methyl sites for hydroxylation is 1. The van der Waals surface area contributed by atoms with Crippen molar-refractivity contribution in [2.75, 3.05) is 23.3 Å². The van der Waals surface area contributed by atoms with Crippen molar-refractivity contribution in [1.82, 2.24) is 0 Å². The topological polar surface area (TPSA) is 56.1 Å². The van der Waals surface area contributed by atoms with Crippen molar-refractivity contribution in [2.24, 2.45) is 0 Å². The van der Waals surface area contributed by atoms with Crippen molar-refractivity contribution in [3.63, 3.8) is 0 Å². The van der Waals surface area contributed by atoms with Gasteiger partial charge in [-0.1, -0.05) is 18.2 Å². The molecule has 0 spiro atoms. The lowest BCUT2D eigenvalue weighted by atomic mass is 10.1. The number of hydrogen-bond acceptors (Lipinski definition) is 3. The van der Waals surface area contributed by atoms with Crippen LogP contribution in [-0.4, -0.2) is 19.0 Å². The van der Waals surface area contributed by atoms with Crippen LogP contribution in [0, 0.1) is 31.0 Å². The van der Waals surface area contributed by atoms with Crippen LogP contribution in [0.4, 0.5) is 15.8 Å². The Labute approximate surface area is 158 Å². The van der Waals surface area contributed by atoms with E-state index >= 15 is 0 Å². The Hall–Kier alpha value is -3.13. The van der Waals surface area contributed by atoms with Crippen LogP contribution in [0.15, 0.2) is 42.0 Å². The molecule has 1 saturated heterocycles. The van der Waals surface area contributed by atoms with Crippen LogP contribution in [0.2, 0.25) is 0 Å². The van der Waals surface area contributed by atoms with Gasteiger partial charge in [-0.3, -0.25) is 4.79 Å². The predicted octanol–water partition coefficient (Wildman–Crippen LogP) is 4.59. The third-order valence-electron chi connectivity index (χ3n) is 4.95. The van der Waals surface area contributed by atoms with Gasteiger partial charge in [0.25, 0.3) is 5.91 Å². The number of halogens is 1. The first-order valence-electron chi connectivity index (χ1n) is 9.03. The van der Waals surface area contributed by atoms with Crippen molar-refractivity contribution in [3.8, 4) is 6.07 Å². The van der Waals surface area contributed by atoms with Crippen molar-refractivity contribution in [2.45, 2.75) is 26.7 Å². The highest BCUT2D eigenvalue weighted by Crippen LogP contribution is 2.25. The summed E-state index contributed by atoms with van der Waals surface area (Å²) >= 11 is 0. The second-order valence-corrected chi connectivity index (χ2v) is 6.78. The van der Waals surface area contributed by atoms with Crippen LogP contribution in [-0.2, 0) is 4.79 Å². The Kier molecular flexibility index (Phi) is 5.56. The van der Waals surface area contributed by atoms with Crippen molar-refractivity contribution < 1.29 is 9.18 Å². The molecule has 0 aromatic heterocycles. The highest BCUT2D eigenvalue weighted by atomic mass is 19.1. The van der Waals surface area contributed by atoms with E-state index in [0.29, 0.717) is 16.9 Å². The number of amides is 1. The highest BCUT2D eigenvalue weighted by molar-refractivity contribution is 6.10. The maximum Gasteiger partial charge on any atom is 0.266 e. The van der Waals surface area contributed by atoms with Gasteiger partial charge >= 0.3 is 0 Å². The summed E-state index contributed by atoms with van der Waals surface area (Å²) in [4.78, 5) is 14.5. The van der Waals surface area contributed by atoms with Crippen LogP contribution in [0.3, 0.4) is 0 Å². The van der Waals surface area contributed by atoms with Gasteiger partial charge in [0.2, 0.25) is 0 Å². The molecule has 1 fully saturated rings. The first-order valence-corrected chi connectivity index (χ1v) is 9.03. The summed E-state index contributed by atoms with van der Waals surface area (Å²) in [6, 6.07) is 12.3. The maximum absolute atomic E-state index is 14.4. The minimum Gasteiger partial charge on any atom is -0.369 e. The molecule has 138 valence electrons. The van der Waals surface area contributed by atoms with Crippen LogP contribution < -0.4 is 10.2 Å². The minimum atomic E-state index is -0.504. The minimum absolute atomic E-state index is 0.0655. The molecule has 0 aliphatic carbocycles. The Morgan fingerprint density at radius 3 is 2.63 bits per heavy atom. The average molecular weight is 363 g/mol. The normalized spacial score (nSPS) is 14.1. The summed E-state index contributed by atoms with van der Waals surface area (Å²) in [6.07, 6.45) is 3.55. The van der Waals surface area contributed by atoms with E-state index in [2.05, 4.69) is 5.32 Å². The zero-order chi connectivity index (χ0) is 19.4. The average Bonchev–Trinajstić information content (AvgIpc) is 3.18. The zero-order valence-electron chi connectivity index (χ0n) is 15.6. The molecule has 3 rings (SSSR count). The van der Waals surface area contributed by atoms with E-state index in [1.807, 2.05) is 36.9 Å². The van der Waals surface area contributed by atoms with Crippen molar-refractivity contribution in [3.05, 3.63) is 64.5 Å². The van der Waals surface area contributed by atoms with Gasteiger partial charge in [0.1, 0.15) is 17.5 Å². The van der Waals surface area contributed by atoms with Crippen molar-refractivity contribution >= 4 is 23.4 Å². The molecular weight excluding hydrogens is 341 g/mol. The first kappa shape index (κ1) is 18.7. The lowest BCUT2D eigenvalue weighted by molar-refractivity contribution is -0.112. The van der Waals surface area contributed by atoms with Crippen LogP contribution in [0.5, 0.6) is 0 Å². The molecular formula is C22H22FN3O. The Morgan fingerprint density at radius 1 is 1.22 bits per heavy atom. The molecule has 0 unspecified atom stereocenters.